The summed E-state index contributed by atoms with van der Waals surface area (Å²) < 4.78 is 98.7. The number of aromatic hydroxyl groups is 1. The highest BCUT2D eigenvalue weighted by atomic mass is 35.5. The second kappa shape index (κ2) is 27.6. The lowest BCUT2D eigenvalue weighted by molar-refractivity contribution is -0.130. The summed E-state index contributed by atoms with van der Waals surface area (Å²) >= 11 is 4.87. The average Bonchev–Trinajstić information content (AvgIpc) is 3.27. The third-order valence-electron chi connectivity index (χ3n) is 7.33. The molecule has 65 heavy (non-hydrogen) atoms. The summed E-state index contributed by atoms with van der Waals surface area (Å²) in [6, 6.07) is 57.0. The average molecular weight is 994 g/mol. The van der Waals surface area contributed by atoms with Crippen LogP contribution in [0.3, 0.4) is 0 Å². The standard InChI is InChI=1S/C22H19O2S.C18H14OS.C4H5ClO.2CH2F2O3S/c1-17(2)22(23)24-18-13-15-21(16-14-18)25(19-9-5-3-6-10-19)20-11-7-4-8-12-20;19-15-11-13-18(14-12-15)20(16-7-3-1-4-8-16)17-9-5-2-6-10-17;1-3(2)4(5)6;2*2-1(3)7(4,5)6/h3-16H,1H2,2H3;1-14H;1H2,2H3;2*(H2,4,5,6)/q+1;;;;/p-1. The van der Waals surface area contributed by atoms with E-state index in [4.69, 9.17) is 43.0 Å². The number of hydrogen-bond acceptors (Lipinski definition) is 8. The van der Waals surface area contributed by atoms with Gasteiger partial charge in [-0.3, -0.25) is 4.79 Å². The summed E-state index contributed by atoms with van der Waals surface area (Å²) in [6.45, 7) is 10.1. The maximum absolute atomic E-state index is 11.7. The molecule has 10 nitrogen and oxygen atoms in total. The van der Waals surface area contributed by atoms with E-state index in [0.29, 0.717) is 22.6 Å². The molecule has 2 unspecified atom stereocenters. The Kier molecular flexibility index (Phi) is 23.6. The van der Waals surface area contributed by atoms with E-state index < -0.39 is 42.1 Å². The number of halogens is 5. The molecule has 2 atom stereocenters. The fourth-order valence-corrected chi connectivity index (χ4v) is 8.63. The van der Waals surface area contributed by atoms with E-state index in [1.165, 1.54) is 29.4 Å². The van der Waals surface area contributed by atoms with Gasteiger partial charge >= 0.3 is 16.7 Å². The third kappa shape index (κ3) is 20.8. The van der Waals surface area contributed by atoms with Crippen molar-refractivity contribution in [2.45, 2.75) is 43.2 Å². The Balaban J connectivity index is 0.000000320. The molecule has 0 bridgehead atoms. The molecule has 6 rings (SSSR count). The van der Waals surface area contributed by atoms with Crippen LogP contribution in [0.5, 0.6) is 11.5 Å². The Bertz CT molecular complexity index is 2560. The Morgan fingerprint density at radius 1 is 0.523 bits per heavy atom. The fraction of sp³-hybridized carbons (Fsp3) is 0.0435. The van der Waals surface area contributed by atoms with Crippen LogP contribution in [0.4, 0.5) is 17.6 Å². The highest BCUT2D eigenvalue weighted by Gasteiger charge is 2.29. The summed E-state index contributed by atoms with van der Waals surface area (Å²) in [4.78, 5) is 28.9. The zero-order chi connectivity index (χ0) is 48.7. The van der Waals surface area contributed by atoms with Gasteiger partial charge in [-0.2, -0.15) is 17.6 Å². The summed E-state index contributed by atoms with van der Waals surface area (Å²) in [7, 11) is -10.7. The second-order valence-corrected chi connectivity index (χ2v) is 19.4. The van der Waals surface area contributed by atoms with Crippen LogP contribution < -0.4 is 4.74 Å². The summed E-state index contributed by atoms with van der Waals surface area (Å²) in [5, 5.41) is 3.06. The van der Waals surface area contributed by atoms with Gasteiger partial charge in [0.1, 0.15) is 11.5 Å². The Labute approximate surface area is 385 Å². The third-order valence-corrected chi connectivity index (χ3v) is 12.9. The first-order chi connectivity index (χ1) is 30.5. The van der Waals surface area contributed by atoms with Gasteiger partial charge in [-0.15, -0.1) is 0 Å². The molecule has 0 aromatic heterocycles. The van der Waals surface area contributed by atoms with Crippen molar-refractivity contribution in [3.05, 3.63) is 194 Å². The molecule has 3 N–H and O–H groups in total. The first-order valence-electron chi connectivity index (χ1n) is 18.1. The monoisotopic (exact) mass is 992 g/mol. The number of benzene rings is 6. The number of allylic oxidation sites excluding steroid dienone is 1. The van der Waals surface area contributed by atoms with E-state index in [2.05, 4.69) is 110 Å². The molecule has 0 spiro atoms. The molecule has 0 saturated heterocycles. The maximum Gasteiger partial charge on any atom is 0.338 e. The quantitative estimate of drug-likeness (QED) is 0.0240. The van der Waals surface area contributed by atoms with E-state index in [0.717, 1.165) is 0 Å². The van der Waals surface area contributed by atoms with Crippen LogP contribution in [0.25, 0.3) is 0 Å². The van der Waals surface area contributed by atoms with Crippen molar-refractivity contribution in [1.29, 1.82) is 0 Å². The number of hydrogen-bond donors (Lipinski definition) is 3. The topological polar surface area (TPSA) is 184 Å². The van der Waals surface area contributed by atoms with Crippen LogP contribution in [0, 0.1) is 0 Å². The molecule has 19 heteroatoms. The minimum atomic E-state index is -5.16. The van der Waals surface area contributed by atoms with Gasteiger partial charge in [0, 0.05) is 11.1 Å². The number of rotatable bonds is 9. The number of carbonyl (C=O) groups is 2. The van der Waals surface area contributed by atoms with Gasteiger partial charge in [0.15, 0.2) is 29.4 Å². The molecule has 0 aliphatic heterocycles. The zero-order valence-corrected chi connectivity index (χ0v) is 38.3. The zero-order valence-electron chi connectivity index (χ0n) is 34.3. The van der Waals surface area contributed by atoms with Gasteiger partial charge in [-0.1, -0.05) is 86.0 Å². The van der Waals surface area contributed by atoms with Gasteiger partial charge in [-0.05, 0) is 123 Å². The largest absolute Gasteiger partial charge is 0.753 e. The van der Waals surface area contributed by atoms with Crippen molar-refractivity contribution in [3.8, 4) is 11.5 Å². The first-order valence-corrected chi connectivity index (χ1v) is 23.8. The Morgan fingerprint density at radius 2 is 0.754 bits per heavy atom. The summed E-state index contributed by atoms with van der Waals surface area (Å²) in [5.41, 5.74) is 0.772. The van der Waals surface area contributed by atoms with Crippen LogP contribution in [0.1, 0.15) is 13.8 Å². The van der Waals surface area contributed by atoms with Crippen molar-refractivity contribution in [1.82, 2.24) is 0 Å². The first kappa shape index (κ1) is 55.5. The van der Waals surface area contributed by atoms with E-state index >= 15 is 0 Å². The number of ether oxygens (including phenoxy) is 1. The van der Waals surface area contributed by atoms with Gasteiger partial charge in [0.25, 0.3) is 0 Å². The molecule has 0 aliphatic carbocycles. The molecule has 0 saturated carbocycles. The van der Waals surface area contributed by atoms with E-state index in [1.807, 2.05) is 60.7 Å². The van der Waals surface area contributed by atoms with Gasteiger partial charge in [0.05, 0.1) is 42.0 Å². The van der Waals surface area contributed by atoms with Crippen LogP contribution in [0.2, 0.25) is 0 Å². The minimum absolute atomic E-state index is 0.134. The molecule has 6 aromatic rings. The van der Waals surface area contributed by atoms with E-state index in [-0.39, 0.29) is 21.8 Å². The molecule has 0 heterocycles. The van der Waals surface area contributed by atoms with Gasteiger partial charge < -0.3 is 28.1 Å². The van der Waals surface area contributed by atoms with Crippen LogP contribution in [0.15, 0.2) is 224 Å². The minimum Gasteiger partial charge on any atom is -0.753 e. The van der Waals surface area contributed by atoms with Crippen LogP contribution in [-0.4, -0.2) is 53.7 Å². The molecule has 6 aromatic carbocycles. The van der Waals surface area contributed by atoms with Crippen molar-refractivity contribution in [2.75, 3.05) is 0 Å². The fourth-order valence-electron chi connectivity index (χ4n) is 4.46. The lowest BCUT2D eigenvalue weighted by Crippen LogP contribution is -2.08. The van der Waals surface area contributed by atoms with Gasteiger partial charge in [-0.25, -0.2) is 13.2 Å². The maximum atomic E-state index is 11.7. The van der Waals surface area contributed by atoms with Crippen LogP contribution >= 0.6 is 11.6 Å². The molecule has 0 radical (unpaired) electrons. The molecule has 0 aliphatic rings. The smallest absolute Gasteiger partial charge is 0.338 e. The van der Waals surface area contributed by atoms with Gasteiger partial charge in [0.2, 0.25) is 5.24 Å². The predicted octanol–water partition coefficient (Wildman–Crippen LogP) is 10.9. The number of phenols is 1. The SMILES string of the molecule is C=C(C)C(=O)Cl.C=C(C)C(=O)Oc1ccc([S+](c2ccccc2)c2ccccc2)cc1.O=S([O-])(O)=C(F)F.O=S([O-])(O)=C(F)F.Oc1ccc([S+](c2ccccc2)c2ccccc2)cc1. The number of esters is 1. The Morgan fingerprint density at radius 3 is 0.969 bits per heavy atom. The lowest BCUT2D eigenvalue weighted by Gasteiger charge is -2.09. The summed E-state index contributed by atoms with van der Waals surface area (Å²) in [6.07, 6.45) is 0. The van der Waals surface area contributed by atoms with Crippen molar-refractivity contribution < 1.29 is 63.6 Å². The Hall–Kier alpha value is -5.67. The van der Waals surface area contributed by atoms with E-state index in [9.17, 15) is 32.3 Å². The highest BCUT2D eigenvalue weighted by molar-refractivity contribution is 7.97. The number of carbonyl (C=O) groups excluding carboxylic acids is 2. The normalized spacial score (nSPS) is 12.0. The molecule has 344 valence electrons. The number of phenolic OH excluding ortho intramolecular Hbond substituents is 1. The second-order valence-electron chi connectivity index (χ2n) is 12.5. The van der Waals surface area contributed by atoms with Crippen LogP contribution in [-0.2, 0) is 51.5 Å². The van der Waals surface area contributed by atoms with E-state index in [1.54, 1.807) is 26.0 Å². The van der Waals surface area contributed by atoms with Crippen molar-refractivity contribution in [2.24, 2.45) is 0 Å². The highest BCUT2D eigenvalue weighted by Crippen LogP contribution is 2.33. The molecule has 0 amide bonds. The van der Waals surface area contributed by atoms with Crippen molar-refractivity contribution in [3.63, 3.8) is 0 Å². The molecular weight excluding hydrogens is 952 g/mol. The summed E-state index contributed by atoms with van der Waals surface area (Å²) in [5.74, 6) is 0.428. The molecule has 0 fully saturated rings. The molecular formula is C46H41ClF4O10S4. The van der Waals surface area contributed by atoms with Crippen molar-refractivity contribution >= 4 is 75.5 Å². The lowest BCUT2D eigenvalue weighted by atomic mass is 10.3. The predicted molar refractivity (Wildman–Crippen MR) is 248 cm³/mol.